The standard InChI is InChI=1S/C16H23BrN2O/c1-13-10-14(11-17)2-3-16(13)19-5-4-15(12-19)18-6-8-20-9-7-18/h2-3,10,15H,4-9,11-12H2,1H3. The van der Waals surface area contributed by atoms with Crippen LogP contribution in [0.3, 0.4) is 0 Å². The molecule has 0 saturated carbocycles. The Hall–Kier alpha value is -0.580. The van der Waals surface area contributed by atoms with E-state index in [0.29, 0.717) is 6.04 Å². The van der Waals surface area contributed by atoms with E-state index >= 15 is 0 Å². The highest BCUT2D eigenvalue weighted by molar-refractivity contribution is 9.08. The van der Waals surface area contributed by atoms with Gasteiger partial charge in [0.1, 0.15) is 0 Å². The maximum absolute atomic E-state index is 5.46. The third kappa shape index (κ3) is 3.02. The lowest BCUT2D eigenvalue weighted by molar-refractivity contribution is 0.0209. The summed E-state index contributed by atoms with van der Waals surface area (Å²) in [6, 6.07) is 7.52. The van der Waals surface area contributed by atoms with Gasteiger partial charge in [0, 0.05) is 43.2 Å². The topological polar surface area (TPSA) is 15.7 Å². The minimum absolute atomic E-state index is 0.703. The maximum atomic E-state index is 5.46. The van der Waals surface area contributed by atoms with Crippen LogP contribution in [0.2, 0.25) is 0 Å². The van der Waals surface area contributed by atoms with Crippen LogP contribution in [0, 0.1) is 6.92 Å². The molecule has 1 aromatic carbocycles. The van der Waals surface area contributed by atoms with Gasteiger partial charge >= 0.3 is 0 Å². The summed E-state index contributed by atoms with van der Waals surface area (Å²) >= 11 is 3.53. The monoisotopic (exact) mass is 338 g/mol. The molecule has 0 amide bonds. The van der Waals surface area contributed by atoms with E-state index in [1.54, 1.807) is 0 Å². The van der Waals surface area contributed by atoms with Crippen molar-refractivity contribution >= 4 is 21.6 Å². The lowest BCUT2D eigenvalue weighted by Crippen LogP contribution is -2.44. The Morgan fingerprint density at radius 1 is 1.25 bits per heavy atom. The third-order valence-electron chi connectivity index (χ3n) is 4.48. The first-order chi connectivity index (χ1) is 9.78. The zero-order valence-electron chi connectivity index (χ0n) is 12.1. The molecule has 2 saturated heterocycles. The highest BCUT2D eigenvalue weighted by atomic mass is 79.9. The Kier molecular flexibility index (Phi) is 4.64. The predicted molar refractivity (Wildman–Crippen MR) is 86.8 cm³/mol. The molecule has 2 aliphatic heterocycles. The van der Waals surface area contributed by atoms with E-state index < -0.39 is 0 Å². The fourth-order valence-corrected chi connectivity index (χ4v) is 3.71. The Morgan fingerprint density at radius 2 is 2.05 bits per heavy atom. The molecule has 110 valence electrons. The highest BCUT2D eigenvalue weighted by Crippen LogP contribution is 2.27. The van der Waals surface area contributed by atoms with Crippen LogP contribution in [0.4, 0.5) is 5.69 Å². The number of halogens is 1. The summed E-state index contributed by atoms with van der Waals surface area (Å²) in [6.07, 6.45) is 1.28. The van der Waals surface area contributed by atoms with Crippen molar-refractivity contribution in [3.05, 3.63) is 29.3 Å². The molecular formula is C16H23BrN2O. The molecule has 4 heteroatoms. The van der Waals surface area contributed by atoms with E-state index in [0.717, 1.165) is 38.2 Å². The van der Waals surface area contributed by atoms with Crippen LogP contribution in [0.25, 0.3) is 0 Å². The summed E-state index contributed by atoms with van der Waals surface area (Å²) in [5.41, 5.74) is 4.16. The molecule has 20 heavy (non-hydrogen) atoms. The summed E-state index contributed by atoms with van der Waals surface area (Å²) in [7, 11) is 0. The molecule has 0 aromatic heterocycles. The predicted octanol–water partition coefficient (Wildman–Crippen LogP) is 2.80. The van der Waals surface area contributed by atoms with Crippen molar-refractivity contribution in [3.63, 3.8) is 0 Å². The molecule has 1 unspecified atom stereocenters. The Labute approximate surface area is 130 Å². The van der Waals surface area contributed by atoms with Crippen molar-refractivity contribution in [1.29, 1.82) is 0 Å². The molecule has 2 fully saturated rings. The van der Waals surface area contributed by atoms with Gasteiger partial charge in [-0.2, -0.15) is 0 Å². The van der Waals surface area contributed by atoms with Gasteiger partial charge in [-0.25, -0.2) is 0 Å². The number of ether oxygens (including phenoxy) is 1. The lowest BCUT2D eigenvalue weighted by atomic mass is 10.1. The van der Waals surface area contributed by atoms with Gasteiger partial charge in [-0.15, -0.1) is 0 Å². The van der Waals surface area contributed by atoms with Gasteiger partial charge in [0.25, 0.3) is 0 Å². The van der Waals surface area contributed by atoms with Crippen molar-refractivity contribution in [2.75, 3.05) is 44.3 Å². The average Bonchev–Trinajstić information content (AvgIpc) is 2.97. The molecule has 0 N–H and O–H groups in total. The van der Waals surface area contributed by atoms with Crippen LogP contribution < -0.4 is 4.90 Å². The normalized spacial score (nSPS) is 24.3. The van der Waals surface area contributed by atoms with E-state index in [1.807, 2.05) is 0 Å². The van der Waals surface area contributed by atoms with Crippen LogP contribution in [0.5, 0.6) is 0 Å². The van der Waals surface area contributed by atoms with E-state index in [9.17, 15) is 0 Å². The van der Waals surface area contributed by atoms with Crippen LogP contribution >= 0.6 is 15.9 Å². The van der Waals surface area contributed by atoms with Crippen molar-refractivity contribution in [2.45, 2.75) is 24.7 Å². The van der Waals surface area contributed by atoms with Gasteiger partial charge in [-0.3, -0.25) is 4.90 Å². The van der Waals surface area contributed by atoms with Crippen molar-refractivity contribution in [1.82, 2.24) is 4.90 Å². The highest BCUT2D eigenvalue weighted by Gasteiger charge is 2.29. The third-order valence-corrected chi connectivity index (χ3v) is 5.13. The van der Waals surface area contributed by atoms with Gasteiger partial charge in [0.15, 0.2) is 0 Å². The van der Waals surface area contributed by atoms with Gasteiger partial charge in [-0.1, -0.05) is 28.1 Å². The van der Waals surface area contributed by atoms with Gasteiger partial charge < -0.3 is 9.64 Å². The van der Waals surface area contributed by atoms with Crippen LogP contribution in [-0.4, -0.2) is 50.3 Å². The second kappa shape index (κ2) is 6.46. The Morgan fingerprint density at radius 3 is 2.75 bits per heavy atom. The molecule has 3 nitrogen and oxygen atoms in total. The molecule has 1 atom stereocenters. The number of rotatable bonds is 3. The van der Waals surface area contributed by atoms with Crippen LogP contribution in [0.1, 0.15) is 17.5 Å². The zero-order chi connectivity index (χ0) is 13.9. The summed E-state index contributed by atoms with van der Waals surface area (Å²) in [4.78, 5) is 5.15. The number of morpholine rings is 1. The van der Waals surface area contributed by atoms with E-state index in [-0.39, 0.29) is 0 Å². The van der Waals surface area contributed by atoms with E-state index in [1.165, 1.54) is 29.8 Å². The number of benzene rings is 1. The molecule has 3 rings (SSSR count). The Balaban J connectivity index is 1.67. The Bertz CT molecular complexity index is 460. The summed E-state index contributed by atoms with van der Waals surface area (Å²) in [5.74, 6) is 0. The average molecular weight is 339 g/mol. The number of nitrogens with zero attached hydrogens (tertiary/aromatic N) is 2. The van der Waals surface area contributed by atoms with E-state index in [2.05, 4.69) is 50.9 Å². The SMILES string of the molecule is Cc1cc(CBr)ccc1N1CCC(N2CCOCC2)C1. The summed E-state index contributed by atoms with van der Waals surface area (Å²) in [6.45, 7) is 8.56. The first kappa shape index (κ1) is 14.4. The van der Waals surface area contributed by atoms with Crippen LogP contribution in [-0.2, 0) is 10.1 Å². The summed E-state index contributed by atoms with van der Waals surface area (Å²) < 4.78 is 5.46. The molecular weight excluding hydrogens is 316 g/mol. The maximum Gasteiger partial charge on any atom is 0.0594 e. The first-order valence-electron chi connectivity index (χ1n) is 7.50. The summed E-state index contributed by atoms with van der Waals surface area (Å²) in [5, 5.41) is 0.935. The van der Waals surface area contributed by atoms with Gasteiger partial charge in [0.05, 0.1) is 13.2 Å². The molecule has 0 aliphatic carbocycles. The van der Waals surface area contributed by atoms with Gasteiger partial charge in [0.2, 0.25) is 0 Å². The quantitative estimate of drug-likeness (QED) is 0.788. The molecule has 2 aliphatic rings. The molecule has 0 radical (unpaired) electrons. The fourth-order valence-electron chi connectivity index (χ4n) is 3.36. The molecule has 0 spiro atoms. The van der Waals surface area contributed by atoms with E-state index in [4.69, 9.17) is 4.74 Å². The zero-order valence-corrected chi connectivity index (χ0v) is 13.7. The minimum atomic E-state index is 0.703. The van der Waals surface area contributed by atoms with Gasteiger partial charge in [-0.05, 0) is 30.5 Å². The number of anilines is 1. The van der Waals surface area contributed by atoms with Crippen LogP contribution in [0.15, 0.2) is 18.2 Å². The number of hydrogen-bond donors (Lipinski definition) is 0. The largest absolute Gasteiger partial charge is 0.379 e. The second-order valence-electron chi connectivity index (χ2n) is 5.79. The van der Waals surface area contributed by atoms with Crippen molar-refractivity contribution in [2.24, 2.45) is 0 Å². The molecule has 2 heterocycles. The molecule has 1 aromatic rings. The smallest absolute Gasteiger partial charge is 0.0594 e. The lowest BCUT2D eigenvalue weighted by Gasteiger charge is -2.32. The minimum Gasteiger partial charge on any atom is -0.379 e. The fraction of sp³-hybridized carbons (Fsp3) is 0.625. The number of hydrogen-bond acceptors (Lipinski definition) is 3. The number of aryl methyl sites for hydroxylation is 1. The van der Waals surface area contributed by atoms with Crippen molar-refractivity contribution in [3.8, 4) is 0 Å². The number of alkyl halides is 1. The first-order valence-corrected chi connectivity index (χ1v) is 8.62. The van der Waals surface area contributed by atoms with Crippen molar-refractivity contribution < 1.29 is 4.74 Å². The second-order valence-corrected chi connectivity index (χ2v) is 6.35. The molecule has 0 bridgehead atoms.